The largest absolute Gasteiger partial charge is 0.316 e. The molecule has 0 radical (unpaired) electrons. The van der Waals surface area contributed by atoms with Crippen molar-refractivity contribution in [1.82, 2.24) is 10.2 Å². The lowest BCUT2D eigenvalue weighted by Crippen LogP contribution is -2.51. The smallest absolute Gasteiger partial charge is 0.0231 e. The highest BCUT2D eigenvalue weighted by Gasteiger charge is 2.37. The van der Waals surface area contributed by atoms with Crippen molar-refractivity contribution in [2.24, 2.45) is 11.3 Å². The van der Waals surface area contributed by atoms with Crippen molar-refractivity contribution >= 4 is 11.8 Å². The van der Waals surface area contributed by atoms with E-state index in [9.17, 15) is 0 Å². The lowest BCUT2D eigenvalue weighted by atomic mass is 9.70. The SMILES string of the molecule is CCCNCC1(CN2CCSC(C)(C)C2)CCC(C)CC1. The number of hydrogen-bond donors (Lipinski definition) is 1. The van der Waals surface area contributed by atoms with Crippen molar-refractivity contribution in [3.05, 3.63) is 0 Å². The molecule has 1 aliphatic carbocycles. The Kier molecular flexibility index (Phi) is 6.46. The lowest BCUT2D eigenvalue weighted by Gasteiger charge is -2.46. The van der Waals surface area contributed by atoms with E-state index in [1.807, 2.05) is 0 Å². The first-order valence-electron chi connectivity index (χ1n) is 9.02. The van der Waals surface area contributed by atoms with Crippen molar-refractivity contribution in [3.8, 4) is 0 Å². The number of hydrogen-bond acceptors (Lipinski definition) is 3. The van der Waals surface area contributed by atoms with Crippen LogP contribution in [0, 0.1) is 11.3 Å². The van der Waals surface area contributed by atoms with Gasteiger partial charge in [0.15, 0.2) is 0 Å². The van der Waals surface area contributed by atoms with Gasteiger partial charge in [0.2, 0.25) is 0 Å². The third-order valence-corrected chi connectivity index (χ3v) is 6.62. The maximum absolute atomic E-state index is 3.74. The molecule has 2 rings (SSSR count). The van der Waals surface area contributed by atoms with E-state index >= 15 is 0 Å². The van der Waals surface area contributed by atoms with Crippen LogP contribution < -0.4 is 5.32 Å². The van der Waals surface area contributed by atoms with Gasteiger partial charge in [0, 0.05) is 36.7 Å². The zero-order valence-corrected chi connectivity index (χ0v) is 15.5. The lowest BCUT2D eigenvalue weighted by molar-refractivity contribution is 0.0839. The molecule has 1 heterocycles. The zero-order chi connectivity index (χ0) is 15.3. The Bertz CT molecular complexity index is 308. The number of thioether (sulfide) groups is 1. The number of nitrogens with one attached hydrogen (secondary N) is 1. The van der Waals surface area contributed by atoms with Crippen LogP contribution in [0.15, 0.2) is 0 Å². The summed E-state index contributed by atoms with van der Waals surface area (Å²) in [4.78, 5) is 2.76. The predicted octanol–water partition coefficient (Wildman–Crippen LogP) is 4.01. The standard InChI is InChI=1S/C18H36N2S/c1-5-10-19-13-18(8-6-16(2)7-9-18)15-20-11-12-21-17(3,4)14-20/h16,19H,5-15H2,1-4H3. The van der Waals surface area contributed by atoms with Crippen LogP contribution in [0.1, 0.15) is 59.8 Å². The van der Waals surface area contributed by atoms with Crippen molar-refractivity contribution in [2.45, 2.75) is 64.5 Å². The summed E-state index contributed by atoms with van der Waals surface area (Å²) in [6, 6.07) is 0. The summed E-state index contributed by atoms with van der Waals surface area (Å²) in [5, 5.41) is 3.74. The zero-order valence-electron chi connectivity index (χ0n) is 14.7. The molecule has 0 bridgehead atoms. The second-order valence-electron chi connectivity index (χ2n) is 8.18. The Morgan fingerprint density at radius 1 is 1.24 bits per heavy atom. The molecule has 124 valence electrons. The van der Waals surface area contributed by atoms with E-state index in [0.29, 0.717) is 10.2 Å². The minimum atomic E-state index is 0.443. The molecule has 0 spiro atoms. The molecule has 3 heteroatoms. The fourth-order valence-corrected chi connectivity index (χ4v) is 5.20. The summed E-state index contributed by atoms with van der Waals surface area (Å²) < 4.78 is 0.443. The number of rotatable bonds is 6. The molecule has 1 saturated carbocycles. The molecule has 21 heavy (non-hydrogen) atoms. The molecule has 1 N–H and O–H groups in total. The highest BCUT2D eigenvalue weighted by molar-refractivity contribution is 8.00. The molecule has 0 atom stereocenters. The first-order chi connectivity index (χ1) is 9.95. The van der Waals surface area contributed by atoms with Crippen LogP contribution in [0.5, 0.6) is 0 Å². The summed E-state index contributed by atoms with van der Waals surface area (Å²) in [6.07, 6.45) is 6.96. The minimum Gasteiger partial charge on any atom is -0.316 e. The van der Waals surface area contributed by atoms with Gasteiger partial charge in [-0.3, -0.25) is 0 Å². The fourth-order valence-electron chi connectivity index (χ4n) is 4.02. The molecule has 0 unspecified atom stereocenters. The normalized spacial score (nSPS) is 34.0. The van der Waals surface area contributed by atoms with Gasteiger partial charge in [-0.1, -0.05) is 26.7 Å². The van der Waals surface area contributed by atoms with E-state index in [2.05, 4.69) is 49.7 Å². The van der Waals surface area contributed by atoms with Gasteiger partial charge in [-0.25, -0.2) is 0 Å². The third kappa shape index (κ3) is 5.44. The molecule has 1 aliphatic heterocycles. The molecule has 2 nitrogen and oxygen atoms in total. The van der Waals surface area contributed by atoms with Gasteiger partial charge in [0.1, 0.15) is 0 Å². The summed E-state index contributed by atoms with van der Waals surface area (Å²) in [6.45, 7) is 15.8. The van der Waals surface area contributed by atoms with Crippen LogP contribution in [0.4, 0.5) is 0 Å². The monoisotopic (exact) mass is 312 g/mol. The van der Waals surface area contributed by atoms with Gasteiger partial charge in [-0.15, -0.1) is 0 Å². The van der Waals surface area contributed by atoms with E-state index in [1.54, 1.807) is 0 Å². The summed E-state index contributed by atoms with van der Waals surface area (Å²) in [7, 11) is 0. The maximum Gasteiger partial charge on any atom is 0.0231 e. The van der Waals surface area contributed by atoms with Gasteiger partial charge in [-0.2, -0.15) is 11.8 Å². The van der Waals surface area contributed by atoms with E-state index < -0.39 is 0 Å². The molecular formula is C18H36N2S. The van der Waals surface area contributed by atoms with E-state index in [-0.39, 0.29) is 0 Å². The van der Waals surface area contributed by atoms with Crippen molar-refractivity contribution in [2.75, 3.05) is 38.5 Å². The average Bonchev–Trinajstić information content (AvgIpc) is 2.41. The minimum absolute atomic E-state index is 0.443. The quantitative estimate of drug-likeness (QED) is 0.746. The molecule has 2 fully saturated rings. The van der Waals surface area contributed by atoms with Crippen LogP contribution in [0.25, 0.3) is 0 Å². The molecular weight excluding hydrogens is 276 g/mol. The molecule has 1 saturated heterocycles. The first kappa shape index (κ1) is 17.6. The Morgan fingerprint density at radius 3 is 2.57 bits per heavy atom. The van der Waals surface area contributed by atoms with Crippen LogP contribution in [-0.2, 0) is 0 Å². The van der Waals surface area contributed by atoms with Crippen LogP contribution >= 0.6 is 11.8 Å². The molecule has 0 amide bonds. The van der Waals surface area contributed by atoms with Crippen LogP contribution in [-0.4, -0.2) is 48.1 Å². The van der Waals surface area contributed by atoms with Crippen LogP contribution in [0.2, 0.25) is 0 Å². The Labute approximate surface area is 136 Å². The first-order valence-corrected chi connectivity index (χ1v) is 10.0. The van der Waals surface area contributed by atoms with Gasteiger partial charge >= 0.3 is 0 Å². The summed E-state index contributed by atoms with van der Waals surface area (Å²) >= 11 is 2.15. The Morgan fingerprint density at radius 2 is 1.95 bits per heavy atom. The van der Waals surface area contributed by atoms with E-state index in [4.69, 9.17) is 0 Å². The Hall–Kier alpha value is 0.270. The van der Waals surface area contributed by atoms with Crippen molar-refractivity contribution in [3.63, 3.8) is 0 Å². The van der Waals surface area contributed by atoms with Gasteiger partial charge < -0.3 is 10.2 Å². The van der Waals surface area contributed by atoms with Gasteiger partial charge in [-0.05, 0) is 51.0 Å². The van der Waals surface area contributed by atoms with E-state index in [1.165, 1.54) is 70.6 Å². The van der Waals surface area contributed by atoms with Crippen molar-refractivity contribution < 1.29 is 0 Å². The molecule has 0 aromatic carbocycles. The van der Waals surface area contributed by atoms with E-state index in [0.717, 1.165) is 5.92 Å². The maximum atomic E-state index is 3.74. The molecule has 0 aromatic heterocycles. The summed E-state index contributed by atoms with van der Waals surface area (Å²) in [5.41, 5.74) is 0.541. The summed E-state index contributed by atoms with van der Waals surface area (Å²) in [5.74, 6) is 2.25. The van der Waals surface area contributed by atoms with Gasteiger partial charge in [0.25, 0.3) is 0 Å². The van der Waals surface area contributed by atoms with Gasteiger partial charge in [0.05, 0.1) is 0 Å². The predicted molar refractivity (Wildman–Crippen MR) is 96.2 cm³/mol. The third-order valence-electron chi connectivity index (χ3n) is 5.33. The topological polar surface area (TPSA) is 15.3 Å². The highest BCUT2D eigenvalue weighted by atomic mass is 32.2. The second-order valence-corrected chi connectivity index (χ2v) is 9.98. The average molecular weight is 313 g/mol. The van der Waals surface area contributed by atoms with Crippen LogP contribution in [0.3, 0.4) is 0 Å². The molecule has 2 aliphatic rings. The highest BCUT2D eigenvalue weighted by Crippen LogP contribution is 2.40. The Balaban J connectivity index is 1.94. The fraction of sp³-hybridized carbons (Fsp3) is 1.00. The second kappa shape index (κ2) is 7.70. The number of nitrogens with zero attached hydrogens (tertiary/aromatic N) is 1. The van der Waals surface area contributed by atoms with Crippen molar-refractivity contribution in [1.29, 1.82) is 0 Å². The molecule has 0 aromatic rings.